The van der Waals surface area contributed by atoms with E-state index in [2.05, 4.69) is 20.3 Å². The number of carbonyl (C=O) groups excluding carboxylic acids is 2. The fourth-order valence-electron chi connectivity index (χ4n) is 3.38. The van der Waals surface area contributed by atoms with Crippen molar-refractivity contribution in [1.29, 1.82) is 0 Å². The van der Waals surface area contributed by atoms with Gasteiger partial charge in [0.15, 0.2) is 10.3 Å². The van der Waals surface area contributed by atoms with Gasteiger partial charge in [-0.2, -0.15) is 0 Å². The zero-order valence-corrected chi connectivity index (χ0v) is 18.2. The summed E-state index contributed by atoms with van der Waals surface area (Å²) in [6.45, 7) is 2.92. The quantitative estimate of drug-likeness (QED) is 0.513. The van der Waals surface area contributed by atoms with Crippen LogP contribution < -0.4 is 5.32 Å². The molecule has 4 aromatic rings. The van der Waals surface area contributed by atoms with Crippen molar-refractivity contribution in [2.75, 3.05) is 11.9 Å². The lowest BCUT2D eigenvalue weighted by Crippen LogP contribution is -2.35. The molecule has 0 saturated heterocycles. The molecule has 5 rings (SSSR count). The number of fused-ring (bicyclic) bond motifs is 1. The third-order valence-electron chi connectivity index (χ3n) is 4.94. The molecule has 156 valence electrons. The summed E-state index contributed by atoms with van der Waals surface area (Å²) in [4.78, 5) is 42.1. The number of aryl methyl sites for hydroxylation is 1. The van der Waals surface area contributed by atoms with E-state index in [4.69, 9.17) is 0 Å². The number of anilines is 1. The second-order valence-corrected chi connectivity index (χ2v) is 9.10. The van der Waals surface area contributed by atoms with E-state index >= 15 is 0 Å². The monoisotopic (exact) mass is 450 g/mol. The standard InChI is InChI=1S/C21H18N6O2S2/c1-13-17(31-21(23-13)26-9-4-5-10-26)19(29)27-11-7-14-16(12-27)30-20(24-14)25-18(28)15-6-2-3-8-22-15/h2-6,8-10H,7,11-12H2,1H3,(H,24,25,28). The number of hydrogen-bond acceptors (Lipinski definition) is 7. The van der Waals surface area contributed by atoms with Crippen molar-refractivity contribution in [3.63, 3.8) is 0 Å². The second kappa shape index (κ2) is 8.05. The predicted octanol–water partition coefficient (Wildman–Crippen LogP) is 3.54. The number of thiazole rings is 2. The molecule has 5 heterocycles. The molecule has 0 saturated carbocycles. The Labute approximate surface area is 186 Å². The lowest BCUT2D eigenvalue weighted by Gasteiger charge is -2.25. The van der Waals surface area contributed by atoms with Crippen LogP contribution in [0.3, 0.4) is 0 Å². The van der Waals surface area contributed by atoms with Crippen LogP contribution in [0.1, 0.15) is 36.4 Å². The van der Waals surface area contributed by atoms with Crippen LogP contribution in [0.15, 0.2) is 48.9 Å². The van der Waals surface area contributed by atoms with E-state index in [9.17, 15) is 9.59 Å². The second-order valence-electron chi connectivity index (χ2n) is 7.04. The molecule has 0 fully saturated rings. The fourth-order valence-corrected chi connectivity index (χ4v) is 5.40. The van der Waals surface area contributed by atoms with Crippen molar-refractivity contribution in [3.05, 3.63) is 75.8 Å². The molecule has 0 bridgehead atoms. The van der Waals surface area contributed by atoms with Gasteiger partial charge < -0.3 is 9.47 Å². The van der Waals surface area contributed by atoms with Crippen molar-refractivity contribution >= 4 is 39.6 Å². The Morgan fingerprint density at radius 2 is 1.94 bits per heavy atom. The number of hydrogen-bond donors (Lipinski definition) is 1. The molecule has 0 unspecified atom stereocenters. The highest BCUT2D eigenvalue weighted by atomic mass is 32.1. The van der Waals surface area contributed by atoms with Crippen molar-refractivity contribution in [2.24, 2.45) is 0 Å². The molecule has 0 atom stereocenters. The summed E-state index contributed by atoms with van der Waals surface area (Å²) in [5.41, 5.74) is 2.00. The molecule has 1 aliphatic rings. The number of aromatic nitrogens is 4. The largest absolute Gasteiger partial charge is 0.332 e. The van der Waals surface area contributed by atoms with Gasteiger partial charge in [0.2, 0.25) is 0 Å². The first-order valence-electron chi connectivity index (χ1n) is 9.69. The number of nitrogens with zero attached hydrogens (tertiary/aromatic N) is 5. The first kappa shape index (κ1) is 19.6. The Bertz CT molecular complexity index is 1250. The van der Waals surface area contributed by atoms with Crippen molar-refractivity contribution < 1.29 is 9.59 Å². The minimum atomic E-state index is -0.294. The number of rotatable bonds is 4. The molecule has 4 aromatic heterocycles. The van der Waals surface area contributed by atoms with E-state index < -0.39 is 0 Å². The van der Waals surface area contributed by atoms with Crippen LogP contribution in [0.4, 0.5) is 5.13 Å². The summed E-state index contributed by atoms with van der Waals surface area (Å²) < 4.78 is 1.91. The van der Waals surface area contributed by atoms with E-state index in [0.29, 0.717) is 35.2 Å². The van der Waals surface area contributed by atoms with Crippen LogP contribution in [0.2, 0.25) is 0 Å². The van der Waals surface area contributed by atoms with Gasteiger partial charge in [-0.15, -0.1) is 0 Å². The number of pyridine rings is 1. The molecule has 2 amide bonds. The third kappa shape index (κ3) is 3.87. The van der Waals surface area contributed by atoms with Gasteiger partial charge in [0.1, 0.15) is 10.6 Å². The van der Waals surface area contributed by atoms with E-state index in [-0.39, 0.29) is 11.8 Å². The van der Waals surface area contributed by atoms with E-state index in [1.165, 1.54) is 22.7 Å². The first-order chi connectivity index (χ1) is 15.1. The number of carbonyl (C=O) groups is 2. The Morgan fingerprint density at radius 3 is 2.71 bits per heavy atom. The van der Waals surface area contributed by atoms with E-state index in [1.807, 2.05) is 40.9 Å². The van der Waals surface area contributed by atoms with Gasteiger partial charge >= 0.3 is 0 Å². The maximum absolute atomic E-state index is 13.2. The van der Waals surface area contributed by atoms with Gasteiger partial charge in [-0.3, -0.25) is 19.9 Å². The molecular weight excluding hydrogens is 432 g/mol. The van der Waals surface area contributed by atoms with Gasteiger partial charge in [-0.25, -0.2) is 9.97 Å². The smallest absolute Gasteiger partial charge is 0.276 e. The molecular formula is C21H18N6O2S2. The molecule has 0 aliphatic carbocycles. The Balaban J connectivity index is 1.31. The molecule has 0 radical (unpaired) electrons. The maximum Gasteiger partial charge on any atom is 0.276 e. The lowest BCUT2D eigenvalue weighted by atomic mass is 10.1. The van der Waals surface area contributed by atoms with Gasteiger partial charge in [-0.1, -0.05) is 28.7 Å². The Kier molecular flexibility index (Phi) is 5.08. The van der Waals surface area contributed by atoms with Crippen LogP contribution >= 0.6 is 22.7 Å². The normalized spacial score (nSPS) is 13.1. The van der Waals surface area contributed by atoms with Crippen LogP contribution in [-0.2, 0) is 13.0 Å². The van der Waals surface area contributed by atoms with Crippen LogP contribution in [0.25, 0.3) is 5.13 Å². The molecule has 31 heavy (non-hydrogen) atoms. The summed E-state index contributed by atoms with van der Waals surface area (Å²) in [6, 6.07) is 9.04. The third-order valence-corrected chi connectivity index (χ3v) is 7.10. The molecule has 0 spiro atoms. The Morgan fingerprint density at radius 1 is 1.10 bits per heavy atom. The van der Waals surface area contributed by atoms with Crippen molar-refractivity contribution in [3.8, 4) is 5.13 Å². The molecule has 8 nitrogen and oxygen atoms in total. The molecule has 10 heteroatoms. The summed E-state index contributed by atoms with van der Waals surface area (Å²) in [5, 5.41) is 4.12. The topological polar surface area (TPSA) is 93.0 Å². The minimum absolute atomic E-state index is 0.0217. The highest BCUT2D eigenvalue weighted by Gasteiger charge is 2.28. The van der Waals surface area contributed by atoms with Crippen LogP contribution in [0.5, 0.6) is 0 Å². The zero-order chi connectivity index (χ0) is 21.4. The molecule has 0 aromatic carbocycles. The van der Waals surface area contributed by atoms with E-state index in [0.717, 1.165) is 21.4 Å². The van der Waals surface area contributed by atoms with Crippen molar-refractivity contribution in [2.45, 2.75) is 19.9 Å². The highest BCUT2D eigenvalue weighted by molar-refractivity contribution is 7.16. The van der Waals surface area contributed by atoms with Gasteiger partial charge in [0, 0.05) is 36.4 Å². The van der Waals surface area contributed by atoms with Crippen LogP contribution in [-0.4, -0.2) is 42.8 Å². The molecule has 1 aliphatic heterocycles. The average molecular weight is 451 g/mol. The average Bonchev–Trinajstić information content (AvgIpc) is 3.52. The maximum atomic E-state index is 13.2. The summed E-state index contributed by atoms with van der Waals surface area (Å²) in [6.07, 6.45) is 6.06. The predicted molar refractivity (Wildman–Crippen MR) is 119 cm³/mol. The number of nitrogens with one attached hydrogen (secondary N) is 1. The van der Waals surface area contributed by atoms with E-state index in [1.54, 1.807) is 24.4 Å². The van der Waals surface area contributed by atoms with Gasteiger partial charge in [-0.05, 0) is 31.2 Å². The number of amides is 2. The van der Waals surface area contributed by atoms with Gasteiger partial charge in [0.25, 0.3) is 11.8 Å². The Hall–Kier alpha value is -3.37. The molecule has 1 N–H and O–H groups in total. The minimum Gasteiger partial charge on any atom is -0.332 e. The fraction of sp³-hybridized carbons (Fsp3) is 0.190. The first-order valence-corrected chi connectivity index (χ1v) is 11.3. The van der Waals surface area contributed by atoms with Crippen LogP contribution in [0, 0.1) is 6.92 Å². The SMILES string of the molecule is Cc1nc(-n2cccc2)sc1C(=O)N1CCc2nc(NC(=O)c3ccccn3)sc2C1. The highest BCUT2D eigenvalue weighted by Crippen LogP contribution is 2.31. The van der Waals surface area contributed by atoms with Crippen molar-refractivity contribution in [1.82, 2.24) is 24.4 Å². The zero-order valence-electron chi connectivity index (χ0n) is 16.6. The lowest BCUT2D eigenvalue weighted by molar-refractivity contribution is 0.0740. The summed E-state index contributed by atoms with van der Waals surface area (Å²) in [5.74, 6) is -0.316. The summed E-state index contributed by atoms with van der Waals surface area (Å²) in [7, 11) is 0. The van der Waals surface area contributed by atoms with Gasteiger partial charge in [0.05, 0.1) is 17.9 Å². The summed E-state index contributed by atoms with van der Waals surface area (Å²) >= 11 is 2.80.